The van der Waals surface area contributed by atoms with E-state index >= 15 is 0 Å². The summed E-state index contributed by atoms with van der Waals surface area (Å²) < 4.78 is 68.9. The molecule has 4 unspecified atom stereocenters. The quantitative estimate of drug-likeness (QED) is 0.0222. The Morgan fingerprint density at radius 2 is 0.486 bits per heavy atom. The number of carbonyl (C=O) groups is 4. The van der Waals surface area contributed by atoms with Crippen molar-refractivity contribution in [2.75, 3.05) is 39.6 Å². The average molecular weight is 1540 g/mol. The van der Waals surface area contributed by atoms with E-state index in [0.717, 1.165) is 108 Å². The first-order chi connectivity index (χ1) is 50.8. The van der Waals surface area contributed by atoms with Crippen LogP contribution in [0.1, 0.15) is 453 Å². The lowest BCUT2D eigenvalue weighted by atomic mass is 9.99. The van der Waals surface area contributed by atoms with E-state index in [1.165, 1.54) is 263 Å². The second-order valence-corrected chi connectivity index (χ2v) is 34.8. The summed E-state index contributed by atoms with van der Waals surface area (Å²) in [7, 11) is -9.93. The van der Waals surface area contributed by atoms with Crippen LogP contribution in [0.2, 0.25) is 0 Å². The number of phosphoric acid groups is 2. The van der Waals surface area contributed by atoms with E-state index in [4.69, 9.17) is 37.0 Å². The topological polar surface area (TPSA) is 237 Å². The van der Waals surface area contributed by atoms with Crippen molar-refractivity contribution in [3.63, 3.8) is 0 Å². The van der Waals surface area contributed by atoms with E-state index < -0.39 is 97.5 Å². The Labute approximate surface area is 645 Å². The van der Waals surface area contributed by atoms with Crippen molar-refractivity contribution >= 4 is 39.5 Å². The molecular weight excluding hydrogens is 1370 g/mol. The predicted octanol–water partition coefficient (Wildman–Crippen LogP) is 26.1. The fourth-order valence-electron chi connectivity index (χ4n) is 13.3. The van der Waals surface area contributed by atoms with Crippen LogP contribution in [0.3, 0.4) is 0 Å². The molecule has 0 saturated heterocycles. The van der Waals surface area contributed by atoms with Gasteiger partial charge in [0, 0.05) is 25.7 Å². The van der Waals surface area contributed by atoms with Crippen molar-refractivity contribution in [3.05, 3.63) is 0 Å². The maximum Gasteiger partial charge on any atom is 0.472 e. The van der Waals surface area contributed by atoms with Crippen molar-refractivity contribution in [2.24, 2.45) is 17.8 Å². The van der Waals surface area contributed by atoms with E-state index in [1.54, 1.807) is 0 Å². The second-order valence-electron chi connectivity index (χ2n) is 31.9. The molecule has 0 aliphatic rings. The third kappa shape index (κ3) is 77.2. The summed E-state index contributed by atoms with van der Waals surface area (Å²) in [5, 5.41) is 10.7. The van der Waals surface area contributed by atoms with Gasteiger partial charge in [0.15, 0.2) is 12.2 Å². The minimum atomic E-state index is -4.97. The van der Waals surface area contributed by atoms with E-state index in [-0.39, 0.29) is 25.7 Å². The van der Waals surface area contributed by atoms with Gasteiger partial charge in [-0.05, 0) is 43.4 Å². The molecule has 0 amide bonds. The molecule has 0 fully saturated rings. The molecule has 0 saturated carbocycles. The SMILES string of the molecule is CCCCCCCCCCCCCCCCCCCCCCCC(=O)O[C@H](COC(=O)CCCCCCCCCCCCCCCCCC(C)C)COP(=O)(O)OC[C@@H](O)COP(=O)(O)OC[C@@H](COC(=O)CCCCCCCCCCC(C)CC)OC(=O)CCCCCCCCCCCCC(C)CC. The first kappa shape index (κ1) is 103. The average Bonchev–Trinajstić information content (AvgIpc) is 0.906. The molecule has 17 nitrogen and oxygen atoms in total. The number of aliphatic hydroxyl groups is 1. The summed E-state index contributed by atoms with van der Waals surface area (Å²) in [6, 6.07) is 0. The maximum atomic E-state index is 13.2. The number of ether oxygens (including phenoxy) is 4. The second kappa shape index (κ2) is 76.1. The van der Waals surface area contributed by atoms with Crippen LogP contribution in [0.25, 0.3) is 0 Å². The molecule has 105 heavy (non-hydrogen) atoms. The first-order valence-electron chi connectivity index (χ1n) is 44.4. The summed E-state index contributed by atoms with van der Waals surface area (Å²) in [6.07, 6.45) is 66.6. The Morgan fingerprint density at radius 1 is 0.276 bits per heavy atom. The van der Waals surface area contributed by atoms with E-state index in [0.29, 0.717) is 25.7 Å². The van der Waals surface area contributed by atoms with Crippen LogP contribution in [0, 0.1) is 17.8 Å². The van der Waals surface area contributed by atoms with Gasteiger partial charge in [-0.2, -0.15) is 0 Å². The van der Waals surface area contributed by atoms with E-state index in [2.05, 4.69) is 48.5 Å². The number of phosphoric ester groups is 2. The molecule has 0 aromatic rings. The van der Waals surface area contributed by atoms with Gasteiger partial charge < -0.3 is 33.8 Å². The first-order valence-corrected chi connectivity index (χ1v) is 47.4. The van der Waals surface area contributed by atoms with Crippen molar-refractivity contribution < 1.29 is 80.2 Å². The largest absolute Gasteiger partial charge is 0.472 e. The Morgan fingerprint density at radius 3 is 0.724 bits per heavy atom. The van der Waals surface area contributed by atoms with Gasteiger partial charge >= 0.3 is 39.5 Å². The lowest BCUT2D eigenvalue weighted by Crippen LogP contribution is -2.30. The van der Waals surface area contributed by atoms with Gasteiger partial charge in [0.1, 0.15) is 19.3 Å². The van der Waals surface area contributed by atoms with Crippen molar-refractivity contribution in [1.82, 2.24) is 0 Å². The molecular formula is C86H168O17P2. The molecule has 0 aromatic heterocycles. The van der Waals surface area contributed by atoms with Crippen molar-refractivity contribution in [2.45, 2.75) is 471 Å². The normalized spacial score (nSPS) is 14.4. The van der Waals surface area contributed by atoms with Crippen molar-refractivity contribution in [1.29, 1.82) is 0 Å². The third-order valence-electron chi connectivity index (χ3n) is 20.9. The molecule has 0 radical (unpaired) electrons. The summed E-state index contributed by atoms with van der Waals surface area (Å²) >= 11 is 0. The molecule has 0 aliphatic heterocycles. The Bertz CT molecular complexity index is 2030. The highest BCUT2D eigenvalue weighted by atomic mass is 31.2. The summed E-state index contributed by atoms with van der Waals surface area (Å²) in [4.78, 5) is 73.2. The number of aliphatic hydroxyl groups excluding tert-OH is 1. The van der Waals surface area contributed by atoms with E-state index in [9.17, 15) is 43.2 Å². The summed E-state index contributed by atoms with van der Waals surface area (Å²) in [5.74, 6) is 0.281. The van der Waals surface area contributed by atoms with Crippen LogP contribution >= 0.6 is 15.6 Å². The zero-order valence-corrected chi connectivity index (χ0v) is 71.0. The predicted molar refractivity (Wildman–Crippen MR) is 432 cm³/mol. The maximum absolute atomic E-state index is 13.2. The lowest BCUT2D eigenvalue weighted by Gasteiger charge is -2.21. The fourth-order valence-corrected chi connectivity index (χ4v) is 14.9. The summed E-state index contributed by atoms with van der Waals surface area (Å²) in [5.41, 5.74) is 0. The minimum absolute atomic E-state index is 0.106. The van der Waals surface area contributed by atoms with Gasteiger partial charge in [-0.25, -0.2) is 9.13 Å². The minimum Gasteiger partial charge on any atom is -0.462 e. The highest BCUT2D eigenvalue weighted by molar-refractivity contribution is 7.47. The van der Waals surface area contributed by atoms with Crippen LogP contribution < -0.4 is 0 Å². The lowest BCUT2D eigenvalue weighted by molar-refractivity contribution is -0.161. The van der Waals surface area contributed by atoms with Gasteiger partial charge in [-0.3, -0.25) is 37.3 Å². The smallest absolute Gasteiger partial charge is 0.462 e. The molecule has 0 rings (SSSR count). The number of rotatable bonds is 84. The van der Waals surface area contributed by atoms with Crippen LogP contribution in [0.15, 0.2) is 0 Å². The highest BCUT2D eigenvalue weighted by Gasteiger charge is 2.30. The van der Waals surface area contributed by atoms with Gasteiger partial charge in [0.05, 0.1) is 26.4 Å². The van der Waals surface area contributed by atoms with Crippen LogP contribution in [0.5, 0.6) is 0 Å². The molecule has 624 valence electrons. The van der Waals surface area contributed by atoms with Gasteiger partial charge in [-0.1, -0.05) is 402 Å². The molecule has 0 heterocycles. The van der Waals surface area contributed by atoms with Gasteiger partial charge in [0.2, 0.25) is 0 Å². The highest BCUT2D eigenvalue weighted by Crippen LogP contribution is 2.45. The van der Waals surface area contributed by atoms with Crippen molar-refractivity contribution in [3.8, 4) is 0 Å². The van der Waals surface area contributed by atoms with Gasteiger partial charge in [-0.15, -0.1) is 0 Å². The molecule has 0 bridgehead atoms. The number of esters is 4. The van der Waals surface area contributed by atoms with Crippen LogP contribution in [-0.4, -0.2) is 96.7 Å². The Hall–Kier alpha value is -1.94. The fraction of sp³-hybridized carbons (Fsp3) is 0.953. The molecule has 3 N–H and O–H groups in total. The van der Waals surface area contributed by atoms with Crippen LogP contribution in [-0.2, 0) is 65.4 Å². The van der Waals surface area contributed by atoms with Crippen LogP contribution in [0.4, 0.5) is 0 Å². The number of unbranched alkanes of at least 4 members (excludes halogenated alkanes) is 50. The number of hydrogen-bond acceptors (Lipinski definition) is 15. The number of hydrogen-bond donors (Lipinski definition) is 3. The molecule has 0 aliphatic carbocycles. The number of carbonyl (C=O) groups excluding carboxylic acids is 4. The Balaban J connectivity index is 5.25. The molecule has 0 aromatic carbocycles. The summed E-state index contributed by atoms with van der Waals surface area (Å²) in [6.45, 7) is 12.0. The zero-order valence-electron chi connectivity index (χ0n) is 69.2. The standard InChI is InChI=1S/C86H168O17P2/c1-8-11-12-13-14-15-16-17-18-19-20-21-22-23-26-30-33-39-48-55-62-69-85(90)102-81(73-96-83(88)67-60-53-46-38-32-29-27-24-25-28-31-36-43-50-57-64-77(4)5)75-100-104(92,93)98-71-80(87)72-99-105(94,95)101-76-82(74-97-84(89)68-61-54-47-42-41-45-52-59-66-79(7)10-3)103-86(91)70-63-56-49-40-35-34-37-44-51-58-65-78(6)9-2/h77-82,87H,8-76H2,1-7H3,(H,92,93)(H,94,95)/t78?,79?,80-,81-,82-/m1/s1. The van der Waals surface area contributed by atoms with E-state index in [1.807, 2.05) is 0 Å². The third-order valence-corrected chi connectivity index (χ3v) is 22.8. The molecule has 7 atom stereocenters. The molecule has 19 heteroatoms. The van der Waals surface area contributed by atoms with Gasteiger partial charge in [0.25, 0.3) is 0 Å². The zero-order chi connectivity index (χ0) is 77.2. The molecule has 0 spiro atoms. The Kier molecular flexibility index (Phi) is 74.7. The monoisotopic (exact) mass is 1540 g/mol.